The van der Waals surface area contributed by atoms with Gasteiger partial charge in [-0.25, -0.2) is 0 Å². The molecule has 2 saturated heterocycles. The molecule has 2 aromatic rings. The first-order valence-electron chi connectivity index (χ1n) is 9.33. The zero-order chi connectivity index (χ0) is 17.3. The van der Waals surface area contributed by atoms with E-state index < -0.39 is 5.60 Å². The molecule has 2 aliphatic heterocycles. The number of aromatic amines is 1. The fourth-order valence-electron chi connectivity index (χ4n) is 4.26. The Kier molecular flexibility index (Phi) is 4.52. The summed E-state index contributed by atoms with van der Waals surface area (Å²) in [5, 5.41) is 11.5. The summed E-state index contributed by atoms with van der Waals surface area (Å²) in [7, 11) is 0. The van der Waals surface area contributed by atoms with Gasteiger partial charge in [-0.2, -0.15) is 0 Å². The van der Waals surface area contributed by atoms with Crippen LogP contribution in [0.15, 0.2) is 30.5 Å². The Morgan fingerprint density at radius 2 is 2.12 bits per heavy atom. The number of benzene rings is 1. The summed E-state index contributed by atoms with van der Waals surface area (Å²) < 4.78 is 5.92. The Balaban J connectivity index is 1.33. The molecule has 0 saturated carbocycles. The van der Waals surface area contributed by atoms with Gasteiger partial charge in [0.05, 0.1) is 11.7 Å². The second-order valence-electron chi connectivity index (χ2n) is 7.31. The summed E-state index contributed by atoms with van der Waals surface area (Å²) >= 11 is 0. The monoisotopic (exact) mass is 342 g/mol. The molecule has 0 unspecified atom stereocenters. The molecular weight excluding hydrogens is 316 g/mol. The van der Waals surface area contributed by atoms with E-state index in [0.29, 0.717) is 19.5 Å². The van der Waals surface area contributed by atoms with Gasteiger partial charge in [0.2, 0.25) is 5.91 Å². The van der Waals surface area contributed by atoms with Gasteiger partial charge in [0.25, 0.3) is 0 Å². The summed E-state index contributed by atoms with van der Waals surface area (Å²) in [6.07, 6.45) is 6.13. The minimum atomic E-state index is -0.411. The second-order valence-corrected chi connectivity index (χ2v) is 7.31. The Hall–Kier alpha value is -1.85. The highest BCUT2D eigenvalue weighted by Crippen LogP contribution is 2.35. The SMILES string of the molecule is O=C(CCc1c[nH]c2ccccc12)N1CCC2(CC1)OCCC[C@H]2O. The fourth-order valence-corrected chi connectivity index (χ4v) is 4.26. The molecule has 0 bridgehead atoms. The molecule has 5 heteroatoms. The minimum absolute atomic E-state index is 0.199. The average molecular weight is 342 g/mol. The third kappa shape index (κ3) is 3.18. The number of carbonyl (C=O) groups excluding carboxylic acids is 1. The third-order valence-corrected chi connectivity index (χ3v) is 5.86. The molecule has 2 aliphatic rings. The number of fused-ring (bicyclic) bond motifs is 1. The second kappa shape index (κ2) is 6.81. The number of aliphatic hydroxyl groups excluding tert-OH is 1. The van der Waals surface area contributed by atoms with Crippen molar-refractivity contribution in [3.8, 4) is 0 Å². The van der Waals surface area contributed by atoms with Crippen molar-refractivity contribution < 1.29 is 14.6 Å². The van der Waals surface area contributed by atoms with Crippen molar-refractivity contribution in [3.63, 3.8) is 0 Å². The number of nitrogens with zero attached hydrogens (tertiary/aromatic N) is 1. The number of H-pyrrole nitrogens is 1. The molecule has 4 rings (SSSR count). The van der Waals surface area contributed by atoms with Crippen LogP contribution in [-0.2, 0) is 16.0 Å². The average Bonchev–Trinajstić information content (AvgIpc) is 3.06. The molecule has 3 heterocycles. The molecule has 1 spiro atoms. The maximum atomic E-state index is 12.6. The molecule has 2 N–H and O–H groups in total. The van der Waals surface area contributed by atoms with Crippen LogP contribution in [0, 0.1) is 0 Å². The maximum Gasteiger partial charge on any atom is 0.222 e. The van der Waals surface area contributed by atoms with Crippen LogP contribution in [0.4, 0.5) is 0 Å². The van der Waals surface area contributed by atoms with Crippen molar-refractivity contribution in [1.82, 2.24) is 9.88 Å². The Morgan fingerprint density at radius 3 is 2.92 bits per heavy atom. The van der Waals surface area contributed by atoms with Crippen molar-refractivity contribution in [2.75, 3.05) is 19.7 Å². The first-order valence-corrected chi connectivity index (χ1v) is 9.33. The summed E-state index contributed by atoms with van der Waals surface area (Å²) in [5.41, 5.74) is 1.91. The maximum absolute atomic E-state index is 12.6. The number of ether oxygens (including phenoxy) is 1. The molecule has 25 heavy (non-hydrogen) atoms. The van der Waals surface area contributed by atoms with Crippen LogP contribution in [0.25, 0.3) is 10.9 Å². The van der Waals surface area contributed by atoms with Gasteiger partial charge in [-0.1, -0.05) is 18.2 Å². The number of hydrogen-bond donors (Lipinski definition) is 2. The number of likely N-dealkylation sites (tertiary alicyclic amines) is 1. The number of aryl methyl sites for hydroxylation is 1. The van der Waals surface area contributed by atoms with Crippen LogP contribution in [0.2, 0.25) is 0 Å². The van der Waals surface area contributed by atoms with Gasteiger partial charge >= 0.3 is 0 Å². The van der Waals surface area contributed by atoms with Crippen LogP contribution in [0.1, 0.15) is 37.7 Å². The van der Waals surface area contributed by atoms with Gasteiger partial charge in [-0.3, -0.25) is 4.79 Å². The van der Waals surface area contributed by atoms with Gasteiger partial charge in [0.1, 0.15) is 0 Å². The largest absolute Gasteiger partial charge is 0.390 e. The Morgan fingerprint density at radius 1 is 1.32 bits per heavy atom. The van der Waals surface area contributed by atoms with Gasteiger partial charge in [-0.05, 0) is 43.7 Å². The number of piperidine rings is 1. The predicted octanol–water partition coefficient (Wildman–Crippen LogP) is 2.63. The summed E-state index contributed by atoms with van der Waals surface area (Å²) in [5.74, 6) is 0.199. The lowest BCUT2D eigenvalue weighted by molar-refractivity contribution is -0.179. The number of nitrogens with one attached hydrogen (secondary N) is 1. The lowest BCUT2D eigenvalue weighted by Crippen LogP contribution is -2.56. The summed E-state index contributed by atoms with van der Waals surface area (Å²) in [4.78, 5) is 17.8. The standard InChI is InChI=1S/C20H26N2O3/c23-18-6-3-13-25-20(18)9-11-22(12-10-20)19(24)8-7-15-14-21-17-5-2-1-4-16(15)17/h1-2,4-5,14,18,21,23H,3,6-13H2/t18-/m1/s1. The zero-order valence-electron chi connectivity index (χ0n) is 14.5. The number of hydrogen-bond acceptors (Lipinski definition) is 3. The molecule has 1 amide bonds. The van der Waals surface area contributed by atoms with Crippen molar-refractivity contribution >= 4 is 16.8 Å². The van der Waals surface area contributed by atoms with Gasteiger partial charge < -0.3 is 19.7 Å². The molecule has 1 atom stereocenters. The van der Waals surface area contributed by atoms with E-state index in [4.69, 9.17) is 4.74 Å². The molecule has 0 radical (unpaired) electrons. The lowest BCUT2D eigenvalue weighted by atomic mass is 9.82. The normalized spacial score (nSPS) is 23.2. The smallest absolute Gasteiger partial charge is 0.222 e. The first kappa shape index (κ1) is 16.6. The van der Waals surface area contributed by atoms with Gasteiger partial charge in [0.15, 0.2) is 0 Å². The van der Waals surface area contributed by atoms with Crippen LogP contribution >= 0.6 is 0 Å². The molecule has 134 valence electrons. The van der Waals surface area contributed by atoms with Crippen molar-refractivity contribution in [1.29, 1.82) is 0 Å². The predicted molar refractivity (Wildman–Crippen MR) is 96.4 cm³/mol. The first-order chi connectivity index (χ1) is 12.2. The van der Waals surface area contributed by atoms with E-state index in [1.165, 1.54) is 10.9 Å². The lowest BCUT2D eigenvalue weighted by Gasteiger charge is -2.46. The van der Waals surface area contributed by atoms with Crippen molar-refractivity contribution in [2.24, 2.45) is 0 Å². The van der Waals surface area contributed by atoms with E-state index in [0.717, 1.165) is 44.2 Å². The van der Waals surface area contributed by atoms with E-state index in [1.54, 1.807) is 0 Å². The van der Waals surface area contributed by atoms with Crippen LogP contribution in [0.3, 0.4) is 0 Å². The van der Waals surface area contributed by atoms with Gasteiger partial charge in [0, 0.05) is 43.2 Å². The van der Waals surface area contributed by atoms with Crippen molar-refractivity contribution in [2.45, 2.75) is 50.2 Å². The number of para-hydroxylation sites is 1. The van der Waals surface area contributed by atoms with E-state index in [1.807, 2.05) is 23.2 Å². The molecule has 1 aromatic carbocycles. The number of aromatic nitrogens is 1. The number of rotatable bonds is 3. The highest BCUT2D eigenvalue weighted by atomic mass is 16.5. The van der Waals surface area contributed by atoms with E-state index in [2.05, 4.69) is 17.1 Å². The van der Waals surface area contributed by atoms with Crippen LogP contribution < -0.4 is 0 Å². The molecular formula is C20H26N2O3. The van der Waals surface area contributed by atoms with Crippen molar-refractivity contribution in [3.05, 3.63) is 36.0 Å². The van der Waals surface area contributed by atoms with E-state index in [9.17, 15) is 9.90 Å². The Labute approximate surface area is 148 Å². The topological polar surface area (TPSA) is 65.6 Å². The summed E-state index contributed by atoms with van der Waals surface area (Å²) in [6, 6.07) is 8.19. The fraction of sp³-hybridized carbons (Fsp3) is 0.550. The third-order valence-electron chi connectivity index (χ3n) is 5.86. The molecule has 5 nitrogen and oxygen atoms in total. The quantitative estimate of drug-likeness (QED) is 0.901. The van der Waals surface area contributed by atoms with Gasteiger partial charge in [-0.15, -0.1) is 0 Å². The minimum Gasteiger partial charge on any atom is -0.390 e. The number of carbonyl (C=O) groups is 1. The molecule has 1 aromatic heterocycles. The Bertz CT molecular complexity index is 746. The van der Waals surface area contributed by atoms with Crippen LogP contribution in [0.5, 0.6) is 0 Å². The highest BCUT2D eigenvalue weighted by Gasteiger charge is 2.44. The van der Waals surface area contributed by atoms with E-state index >= 15 is 0 Å². The molecule has 0 aliphatic carbocycles. The molecule has 2 fully saturated rings. The number of amides is 1. The summed E-state index contributed by atoms with van der Waals surface area (Å²) in [6.45, 7) is 2.10. The highest BCUT2D eigenvalue weighted by molar-refractivity contribution is 5.84. The number of aliphatic hydroxyl groups is 1. The zero-order valence-corrected chi connectivity index (χ0v) is 14.5. The van der Waals surface area contributed by atoms with E-state index in [-0.39, 0.29) is 12.0 Å². The van der Waals surface area contributed by atoms with Crippen LogP contribution in [-0.4, -0.2) is 52.3 Å².